The van der Waals surface area contributed by atoms with E-state index < -0.39 is 0 Å². The minimum absolute atomic E-state index is 0.661. The van der Waals surface area contributed by atoms with Gasteiger partial charge in [0.15, 0.2) is 5.82 Å². The Bertz CT molecular complexity index is 3220. The molecule has 3 aromatic heterocycles. The van der Waals surface area contributed by atoms with E-state index in [1.807, 2.05) is 42.5 Å². The van der Waals surface area contributed by atoms with Crippen LogP contribution in [0.15, 0.2) is 191 Å². The zero-order valence-corrected chi connectivity index (χ0v) is 29.0. The molecule has 0 aliphatic heterocycles. The average molecular weight is 691 g/mol. The molecular formula is C50H30N2O2. The van der Waals surface area contributed by atoms with Gasteiger partial charge in [0.05, 0.1) is 11.4 Å². The molecule has 11 rings (SSSR count). The van der Waals surface area contributed by atoms with Crippen LogP contribution in [0.5, 0.6) is 0 Å². The summed E-state index contributed by atoms with van der Waals surface area (Å²) in [5.74, 6) is 0.661. The van der Waals surface area contributed by atoms with Gasteiger partial charge in [-0.15, -0.1) is 0 Å². The first-order valence-corrected chi connectivity index (χ1v) is 18.2. The molecule has 0 bridgehead atoms. The molecule has 0 atom stereocenters. The molecule has 11 aromatic rings. The summed E-state index contributed by atoms with van der Waals surface area (Å²) >= 11 is 0. The number of benzene rings is 8. The zero-order chi connectivity index (χ0) is 35.6. The molecule has 0 radical (unpaired) electrons. The van der Waals surface area contributed by atoms with E-state index in [1.165, 1.54) is 0 Å². The van der Waals surface area contributed by atoms with Crippen LogP contribution in [0.4, 0.5) is 0 Å². The van der Waals surface area contributed by atoms with Gasteiger partial charge in [-0.1, -0.05) is 158 Å². The molecule has 4 nitrogen and oxygen atoms in total. The van der Waals surface area contributed by atoms with E-state index >= 15 is 0 Å². The van der Waals surface area contributed by atoms with Crippen molar-refractivity contribution in [1.82, 2.24) is 9.97 Å². The molecule has 8 aromatic carbocycles. The highest BCUT2D eigenvalue weighted by Gasteiger charge is 2.21. The molecule has 0 aliphatic carbocycles. The Balaban J connectivity index is 1.22. The Morgan fingerprint density at radius 2 is 0.852 bits per heavy atom. The maximum Gasteiger partial charge on any atom is 0.160 e. The van der Waals surface area contributed by atoms with Crippen LogP contribution in [0.3, 0.4) is 0 Å². The van der Waals surface area contributed by atoms with Crippen LogP contribution in [0.2, 0.25) is 0 Å². The molecule has 0 fully saturated rings. The van der Waals surface area contributed by atoms with Crippen molar-refractivity contribution in [2.24, 2.45) is 0 Å². The minimum atomic E-state index is 0.661. The summed E-state index contributed by atoms with van der Waals surface area (Å²) in [5, 5.41) is 6.67. The van der Waals surface area contributed by atoms with Crippen LogP contribution in [-0.2, 0) is 0 Å². The molecule has 4 heteroatoms. The number of fused-ring (bicyclic) bond motifs is 7. The molecule has 0 saturated heterocycles. The van der Waals surface area contributed by atoms with E-state index in [9.17, 15) is 0 Å². The summed E-state index contributed by atoms with van der Waals surface area (Å²) < 4.78 is 13.2. The number of aromatic nitrogens is 2. The molecule has 0 aliphatic rings. The number of para-hydroxylation sites is 4. The van der Waals surface area contributed by atoms with Gasteiger partial charge in [-0.25, -0.2) is 9.97 Å². The van der Waals surface area contributed by atoms with E-state index in [1.54, 1.807) is 0 Å². The van der Waals surface area contributed by atoms with Crippen molar-refractivity contribution in [2.75, 3.05) is 0 Å². The van der Waals surface area contributed by atoms with Crippen molar-refractivity contribution in [3.63, 3.8) is 0 Å². The van der Waals surface area contributed by atoms with Crippen molar-refractivity contribution in [1.29, 1.82) is 0 Å². The molecule has 252 valence electrons. The SMILES string of the molecule is c1ccc(-c2nc(-c3cc(-c4cccc5c4oc4ccccc45)ccc3-c3cccc4c3oc3ccccc34)cc(-c3cccc4ccccc34)n2)cc1. The second-order valence-corrected chi connectivity index (χ2v) is 13.7. The topological polar surface area (TPSA) is 52.1 Å². The third-order valence-electron chi connectivity index (χ3n) is 10.5. The minimum Gasteiger partial charge on any atom is -0.455 e. The summed E-state index contributed by atoms with van der Waals surface area (Å²) in [6.07, 6.45) is 0. The van der Waals surface area contributed by atoms with Crippen LogP contribution in [0.25, 0.3) is 111 Å². The van der Waals surface area contributed by atoms with Crippen LogP contribution >= 0.6 is 0 Å². The Kier molecular flexibility index (Phi) is 6.82. The quantitative estimate of drug-likeness (QED) is 0.180. The number of nitrogens with zero attached hydrogens (tertiary/aromatic N) is 2. The van der Waals surface area contributed by atoms with Crippen LogP contribution in [0, 0.1) is 0 Å². The van der Waals surface area contributed by atoms with Crippen molar-refractivity contribution in [3.05, 3.63) is 182 Å². The van der Waals surface area contributed by atoms with Crippen molar-refractivity contribution in [3.8, 4) is 56.2 Å². The van der Waals surface area contributed by atoms with Crippen molar-refractivity contribution < 1.29 is 8.83 Å². The maximum absolute atomic E-state index is 6.62. The second-order valence-electron chi connectivity index (χ2n) is 13.7. The van der Waals surface area contributed by atoms with Crippen LogP contribution in [0.1, 0.15) is 0 Å². The fourth-order valence-corrected chi connectivity index (χ4v) is 7.98. The predicted octanol–water partition coefficient (Wildman–Crippen LogP) is 13.8. The van der Waals surface area contributed by atoms with Gasteiger partial charge in [0, 0.05) is 49.4 Å². The lowest BCUT2D eigenvalue weighted by Crippen LogP contribution is -1.98. The van der Waals surface area contributed by atoms with Gasteiger partial charge in [0.1, 0.15) is 22.3 Å². The number of rotatable bonds is 5. The molecule has 54 heavy (non-hydrogen) atoms. The summed E-state index contributed by atoms with van der Waals surface area (Å²) in [4.78, 5) is 10.6. The number of hydrogen-bond acceptors (Lipinski definition) is 4. The molecule has 0 spiro atoms. The predicted molar refractivity (Wildman–Crippen MR) is 221 cm³/mol. The molecule has 0 amide bonds. The van der Waals surface area contributed by atoms with Gasteiger partial charge < -0.3 is 8.83 Å². The van der Waals surface area contributed by atoms with Gasteiger partial charge in [-0.05, 0) is 46.2 Å². The van der Waals surface area contributed by atoms with E-state index in [2.05, 4.69) is 140 Å². The van der Waals surface area contributed by atoms with E-state index in [4.69, 9.17) is 18.8 Å². The Morgan fingerprint density at radius 3 is 1.59 bits per heavy atom. The average Bonchev–Trinajstić information content (AvgIpc) is 3.82. The first kappa shape index (κ1) is 30.3. The summed E-state index contributed by atoms with van der Waals surface area (Å²) in [5.41, 5.74) is 12.1. The standard InChI is InChI=1S/C50H30N2O2/c1-2-14-32(15-3-1)50-51-44(37-21-10-16-31-13-4-5-17-34(31)37)30-45(52-50)43-29-33(35-20-11-23-41-38-18-6-8-25-46(38)53-48(35)41)27-28-36(43)40-22-12-24-42-39-19-7-9-26-47(39)54-49(40)42/h1-30H. The summed E-state index contributed by atoms with van der Waals surface area (Å²) in [6.45, 7) is 0. The van der Waals surface area contributed by atoms with E-state index in [0.29, 0.717) is 5.82 Å². The summed E-state index contributed by atoms with van der Waals surface area (Å²) in [7, 11) is 0. The van der Waals surface area contributed by atoms with Crippen molar-refractivity contribution in [2.45, 2.75) is 0 Å². The monoisotopic (exact) mass is 690 g/mol. The molecule has 0 saturated carbocycles. The van der Waals surface area contributed by atoms with Gasteiger partial charge in [-0.3, -0.25) is 0 Å². The van der Waals surface area contributed by atoms with Gasteiger partial charge in [0.2, 0.25) is 0 Å². The van der Waals surface area contributed by atoms with Crippen molar-refractivity contribution >= 4 is 54.6 Å². The fraction of sp³-hybridized carbons (Fsp3) is 0. The molecule has 3 heterocycles. The largest absolute Gasteiger partial charge is 0.455 e. The smallest absolute Gasteiger partial charge is 0.160 e. The number of hydrogen-bond donors (Lipinski definition) is 0. The lowest BCUT2D eigenvalue weighted by Gasteiger charge is -2.16. The fourth-order valence-electron chi connectivity index (χ4n) is 7.98. The van der Waals surface area contributed by atoms with Gasteiger partial charge >= 0.3 is 0 Å². The highest BCUT2D eigenvalue weighted by Crippen LogP contribution is 2.44. The third kappa shape index (κ3) is 4.85. The molecule has 0 unspecified atom stereocenters. The van der Waals surface area contributed by atoms with Crippen LogP contribution in [-0.4, -0.2) is 9.97 Å². The number of furan rings is 2. The first-order valence-electron chi connectivity index (χ1n) is 18.2. The van der Waals surface area contributed by atoms with Crippen LogP contribution < -0.4 is 0 Å². The second kappa shape index (κ2) is 12.1. The highest BCUT2D eigenvalue weighted by atomic mass is 16.3. The van der Waals surface area contributed by atoms with Gasteiger partial charge in [0.25, 0.3) is 0 Å². The zero-order valence-electron chi connectivity index (χ0n) is 29.0. The normalized spacial score (nSPS) is 11.7. The maximum atomic E-state index is 6.62. The van der Waals surface area contributed by atoms with E-state index in [0.717, 1.165) is 105 Å². The van der Waals surface area contributed by atoms with E-state index in [-0.39, 0.29) is 0 Å². The first-order chi connectivity index (χ1) is 26.8. The Hall–Kier alpha value is -7.30. The molecule has 0 N–H and O–H groups in total. The van der Waals surface area contributed by atoms with Gasteiger partial charge in [-0.2, -0.15) is 0 Å². The Labute approximate surface area is 310 Å². The summed E-state index contributed by atoms with van der Waals surface area (Å²) in [6, 6.07) is 63.1. The lowest BCUT2D eigenvalue weighted by atomic mass is 9.91. The Morgan fingerprint density at radius 1 is 0.315 bits per heavy atom. The lowest BCUT2D eigenvalue weighted by molar-refractivity contribution is 0.669. The molecular weight excluding hydrogens is 661 g/mol. The third-order valence-corrected chi connectivity index (χ3v) is 10.5. The highest BCUT2D eigenvalue weighted by molar-refractivity contribution is 6.12.